The quantitative estimate of drug-likeness (QED) is 0.756. The molecule has 4 heteroatoms. The number of likely N-dealkylation sites (tertiary alicyclic amines) is 1. The van der Waals surface area contributed by atoms with Gasteiger partial charge in [0.2, 0.25) is 0 Å². The Morgan fingerprint density at radius 3 is 2.35 bits per heavy atom. The molecular formula is C19H30N2O2. The summed E-state index contributed by atoms with van der Waals surface area (Å²) < 4.78 is 5.79. The SMILES string of the molecule is CC1CC(C)CN(CCCOc2ccc(C(=O)N(C)C)cc2)C1. The van der Waals surface area contributed by atoms with E-state index in [0.717, 1.165) is 37.2 Å². The van der Waals surface area contributed by atoms with Crippen molar-refractivity contribution in [3.8, 4) is 5.75 Å². The zero-order valence-corrected chi connectivity index (χ0v) is 14.9. The van der Waals surface area contributed by atoms with Crippen LogP contribution in [0.4, 0.5) is 0 Å². The second-order valence-electron chi connectivity index (χ2n) is 7.13. The highest BCUT2D eigenvalue weighted by Gasteiger charge is 2.21. The number of nitrogens with zero attached hydrogens (tertiary/aromatic N) is 2. The molecule has 0 N–H and O–H groups in total. The molecule has 0 radical (unpaired) electrons. The van der Waals surface area contributed by atoms with Crippen molar-refractivity contribution in [2.75, 3.05) is 40.3 Å². The summed E-state index contributed by atoms with van der Waals surface area (Å²) in [4.78, 5) is 16.0. The summed E-state index contributed by atoms with van der Waals surface area (Å²) in [6.45, 7) is 8.94. The number of carbonyl (C=O) groups is 1. The highest BCUT2D eigenvalue weighted by atomic mass is 16.5. The lowest BCUT2D eigenvalue weighted by Gasteiger charge is -2.34. The van der Waals surface area contributed by atoms with Crippen molar-refractivity contribution in [3.05, 3.63) is 29.8 Å². The third-order valence-corrected chi connectivity index (χ3v) is 4.34. The number of benzene rings is 1. The molecule has 4 nitrogen and oxygen atoms in total. The van der Waals surface area contributed by atoms with Crippen molar-refractivity contribution in [1.82, 2.24) is 9.80 Å². The molecule has 23 heavy (non-hydrogen) atoms. The lowest BCUT2D eigenvalue weighted by atomic mass is 9.92. The Morgan fingerprint density at radius 2 is 1.78 bits per heavy atom. The largest absolute Gasteiger partial charge is 0.494 e. The summed E-state index contributed by atoms with van der Waals surface area (Å²) in [7, 11) is 3.52. The monoisotopic (exact) mass is 318 g/mol. The molecule has 0 saturated carbocycles. The average Bonchev–Trinajstić information content (AvgIpc) is 2.50. The first-order valence-corrected chi connectivity index (χ1v) is 8.62. The third kappa shape index (κ3) is 5.54. The molecule has 1 aliphatic heterocycles. The van der Waals surface area contributed by atoms with Crippen LogP contribution in [0.2, 0.25) is 0 Å². The van der Waals surface area contributed by atoms with E-state index in [1.165, 1.54) is 19.5 Å². The molecular weight excluding hydrogens is 288 g/mol. The fourth-order valence-corrected chi connectivity index (χ4v) is 3.40. The first kappa shape index (κ1) is 17.8. The predicted molar refractivity (Wildman–Crippen MR) is 94.0 cm³/mol. The van der Waals surface area contributed by atoms with E-state index in [9.17, 15) is 4.79 Å². The van der Waals surface area contributed by atoms with Crippen LogP contribution in [0.1, 0.15) is 37.0 Å². The van der Waals surface area contributed by atoms with Gasteiger partial charge in [-0.25, -0.2) is 0 Å². The van der Waals surface area contributed by atoms with Gasteiger partial charge in [0.05, 0.1) is 6.61 Å². The van der Waals surface area contributed by atoms with Crippen molar-refractivity contribution in [3.63, 3.8) is 0 Å². The van der Waals surface area contributed by atoms with E-state index in [2.05, 4.69) is 18.7 Å². The van der Waals surface area contributed by atoms with Gasteiger partial charge >= 0.3 is 0 Å². The fraction of sp³-hybridized carbons (Fsp3) is 0.632. The fourth-order valence-electron chi connectivity index (χ4n) is 3.40. The Hall–Kier alpha value is -1.55. The minimum atomic E-state index is 0.0184. The number of piperidine rings is 1. The lowest BCUT2D eigenvalue weighted by Crippen LogP contribution is -2.39. The van der Waals surface area contributed by atoms with Crippen LogP contribution < -0.4 is 4.74 Å². The Morgan fingerprint density at radius 1 is 1.17 bits per heavy atom. The molecule has 0 aromatic heterocycles. The van der Waals surface area contributed by atoms with E-state index in [0.29, 0.717) is 5.56 Å². The Balaban J connectivity index is 1.71. The number of carbonyl (C=O) groups excluding carboxylic acids is 1. The van der Waals surface area contributed by atoms with E-state index in [-0.39, 0.29) is 5.91 Å². The van der Waals surface area contributed by atoms with Crippen molar-refractivity contribution in [2.24, 2.45) is 11.8 Å². The molecule has 1 aromatic rings. The molecule has 1 amide bonds. The Labute approximate surface area is 140 Å². The van der Waals surface area contributed by atoms with Crippen molar-refractivity contribution in [1.29, 1.82) is 0 Å². The van der Waals surface area contributed by atoms with Crippen LogP contribution in [-0.2, 0) is 0 Å². The summed E-state index contributed by atoms with van der Waals surface area (Å²) in [5.74, 6) is 2.47. The second kappa shape index (κ2) is 8.34. The second-order valence-corrected chi connectivity index (χ2v) is 7.13. The van der Waals surface area contributed by atoms with E-state index >= 15 is 0 Å². The predicted octanol–water partition coefficient (Wildman–Crippen LogP) is 3.14. The van der Waals surface area contributed by atoms with Crippen molar-refractivity contribution >= 4 is 5.91 Å². The molecule has 0 bridgehead atoms. The van der Waals surface area contributed by atoms with Gasteiger partial charge < -0.3 is 14.5 Å². The van der Waals surface area contributed by atoms with E-state index in [1.807, 2.05) is 24.3 Å². The maximum absolute atomic E-state index is 11.8. The van der Waals surface area contributed by atoms with Crippen LogP contribution >= 0.6 is 0 Å². The number of hydrogen-bond acceptors (Lipinski definition) is 3. The van der Waals surface area contributed by atoms with Gasteiger partial charge in [-0.2, -0.15) is 0 Å². The minimum Gasteiger partial charge on any atom is -0.494 e. The molecule has 0 aliphatic carbocycles. The number of ether oxygens (including phenoxy) is 1. The van der Waals surface area contributed by atoms with Crippen LogP contribution in [-0.4, -0.2) is 56.0 Å². The molecule has 128 valence electrons. The standard InChI is InChI=1S/C19H30N2O2/c1-15-12-16(2)14-21(13-15)10-5-11-23-18-8-6-17(7-9-18)19(22)20(3)4/h6-9,15-16H,5,10-14H2,1-4H3. The first-order valence-electron chi connectivity index (χ1n) is 8.62. The molecule has 1 heterocycles. The summed E-state index contributed by atoms with van der Waals surface area (Å²) in [6.07, 6.45) is 2.39. The first-order chi connectivity index (χ1) is 11.0. The summed E-state index contributed by atoms with van der Waals surface area (Å²) in [5.41, 5.74) is 0.693. The Bertz CT molecular complexity index is 489. The summed E-state index contributed by atoms with van der Waals surface area (Å²) in [6, 6.07) is 7.40. The van der Waals surface area contributed by atoms with Crippen molar-refractivity contribution < 1.29 is 9.53 Å². The highest BCUT2D eigenvalue weighted by molar-refractivity contribution is 5.93. The maximum atomic E-state index is 11.8. The zero-order chi connectivity index (χ0) is 16.8. The third-order valence-electron chi connectivity index (χ3n) is 4.34. The zero-order valence-electron chi connectivity index (χ0n) is 14.9. The van der Waals surface area contributed by atoms with Gasteiger partial charge in [0.1, 0.15) is 5.75 Å². The molecule has 1 aliphatic rings. The van der Waals surface area contributed by atoms with Crippen LogP contribution in [0.3, 0.4) is 0 Å². The molecule has 2 atom stereocenters. The smallest absolute Gasteiger partial charge is 0.253 e. The van der Waals surface area contributed by atoms with Gasteiger partial charge in [0, 0.05) is 39.3 Å². The van der Waals surface area contributed by atoms with Gasteiger partial charge in [0.15, 0.2) is 0 Å². The molecule has 1 aromatic carbocycles. The van der Waals surface area contributed by atoms with E-state index in [1.54, 1.807) is 19.0 Å². The summed E-state index contributed by atoms with van der Waals surface area (Å²) in [5, 5.41) is 0. The number of hydrogen-bond donors (Lipinski definition) is 0. The van der Waals surface area contributed by atoms with Gasteiger partial charge in [-0.1, -0.05) is 13.8 Å². The van der Waals surface area contributed by atoms with Gasteiger partial charge in [-0.15, -0.1) is 0 Å². The van der Waals surface area contributed by atoms with E-state index in [4.69, 9.17) is 4.74 Å². The number of amides is 1. The Kier molecular flexibility index (Phi) is 6.46. The minimum absolute atomic E-state index is 0.0184. The average molecular weight is 318 g/mol. The summed E-state index contributed by atoms with van der Waals surface area (Å²) >= 11 is 0. The van der Waals surface area contributed by atoms with Crippen LogP contribution in [0.25, 0.3) is 0 Å². The normalized spacial score (nSPS) is 21.9. The molecule has 0 spiro atoms. The lowest BCUT2D eigenvalue weighted by molar-refractivity contribution is 0.0827. The van der Waals surface area contributed by atoms with Crippen LogP contribution in [0.5, 0.6) is 5.75 Å². The van der Waals surface area contributed by atoms with Crippen LogP contribution in [0, 0.1) is 11.8 Å². The molecule has 1 saturated heterocycles. The molecule has 1 fully saturated rings. The van der Waals surface area contributed by atoms with E-state index < -0.39 is 0 Å². The van der Waals surface area contributed by atoms with Crippen LogP contribution in [0.15, 0.2) is 24.3 Å². The molecule has 2 rings (SSSR count). The van der Waals surface area contributed by atoms with Gasteiger partial charge in [-0.05, 0) is 48.9 Å². The molecule has 2 unspecified atom stereocenters. The topological polar surface area (TPSA) is 32.8 Å². The highest BCUT2D eigenvalue weighted by Crippen LogP contribution is 2.21. The van der Waals surface area contributed by atoms with Gasteiger partial charge in [-0.3, -0.25) is 4.79 Å². The van der Waals surface area contributed by atoms with Crippen molar-refractivity contribution in [2.45, 2.75) is 26.7 Å². The number of rotatable bonds is 6. The van der Waals surface area contributed by atoms with Gasteiger partial charge in [0.25, 0.3) is 5.91 Å². The maximum Gasteiger partial charge on any atom is 0.253 e.